The molecule has 1 aromatic carbocycles. The molecular formula is C15H21N3O. The van der Waals surface area contributed by atoms with Gasteiger partial charge in [-0.15, -0.1) is 0 Å². The van der Waals surface area contributed by atoms with Crippen LogP contribution in [0.2, 0.25) is 0 Å². The van der Waals surface area contributed by atoms with Crippen LogP contribution in [0.25, 0.3) is 11.1 Å². The second kappa shape index (κ2) is 5.45. The van der Waals surface area contributed by atoms with Crippen molar-refractivity contribution in [2.75, 3.05) is 14.2 Å². The monoisotopic (exact) mass is 259 g/mol. The Morgan fingerprint density at radius 2 is 1.89 bits per heavy atom. The molecule has 0 fully saturated rings. The molecule has 4 heteroatoms. The number of hydrogen-bond donors (Lipinski definition) is 1. The van der Waals surface area contributed by atoms with Crippen LogP contribution in [0.15, 0.2) is 18.3 Å². The molecule has 1 N–H and O–H groups in total. The largest absolute Gasteiger partial charge is 0.496 e. The molecule has 2 aromatic rings. The van der Waals surface area contributed by atoms with Gasteiger partial charge >= 0.3 is 0 Å². The molecule has 2 rings (SSSR count). The van der Waals surface area contributed by atoms with Crippen molar-refractivity contribution in [1.29, 1.82) is 0 Å². The van der Waals surface area contributed by atoms with Gasteiger partial charge in [0.05, 0.1) is 19.0 Å². The molecule has 0 aliphatic rings. The van der Waals surface area contributed by atoms with Crippen molar-refractivity contribution in [1.82, 2.24) is 15.1 Å². The molecular weight excluding hydrogens is 238 g/mol. The van der Waals surface area contributed by atoms with Crippen LogP contribution in [0.3, 0.4) is 0 Å². The van der Waals surface area contributed by atoms with E-state index in [0.29, 0.717) is 0 Å². The van der Waals surface area contributed by atoms with E-state index in [0.717, 1.165) is 29.1 Å². The van der Waals surface area contributed by atoms with E-state index in [1.54, 1.807) is 7.11 Å². The van der Waals surface area contributed by atoms with Crippen LogP contribution in [-0.4, -0.2) is 23.9 Å². The van der Waals surface area contributed by atoms with Gasteiger partial charge in [0.1, 0.15) is 5.75 Å². The topological polar surface area (TPSA) is 39.1 Å². The molecule has 0 unspecified atom stereocenters. The highest BCUT2D eigenvalue weighted by Crippen LogP contribution is 2.34. The normalized spacial score (nSPS) is 10.8. The third-order valence-corrected chi connectivity index (χ3v) is 3.51. The molecule has 0 radical (unpaired) electrons. The SMILES string of the molecule is CNCc1c(-c2cc(C)c(C)cc2OC)cnn1C. The highest BCUT2D eigenvalue weighted by Gasteiger charge is 2.15. The van der Waals surface area contributed by atoms with Gasteiger partial charge < -0.3 is 10.1 Å². The van der Waals surface area contributed by atoms with Crippen molar-refractivity contribution >= 4 is 0 Å². The predicted octanol–water partition coefficient (Wildman–Crippen LogP) is 2.43. The van der Waals surface area contributed by atoms with Gasteiger partial charge in [-0.2, -0.15) is 5.10 Å². The van der Waals surface area contributed by atoms with E-state index in [2.05, 4.69) is 36.4 Å². The summed E-state index contributed by atoms with van der Waals surface area (Å²) in [7, 11) is 5.61. The Kier molecular flexibility index (Phi) is 3.90. The Bertz CT molecular complexity index is 587. The molecule has 19 heavy (non-hydrogen) atoms. The van der Waals surface area contributed by atoms with Crippen molar-refractivity contribution in [2.24, 2.45) is 7.05 Å². The fraction of sp³-hybridized carbons (Fsp3) is 0.400. The number of hydrogen-bond acceptors (Lipinski definition) is 3. The first-order valence-electron chi connectivity index (χ1n) is 6.39. The molecule has 0 saturated carbocycles. The lowest BCUT2D eigenvalue weighted by molar-refractivity contribution is 0.416. The lowest BCUT2D eigenvalue weighted by Gasteiger charge is -2.13. The summed E-state index contributed by atoms with van der Waals surface area (Å²) in [6, 6.07) is 4.26. The Balaban J connectivity index is 2.61. The third kappa shape index (κ3) is 2.49. The van der Waals surface area contributed by atoms with Crippen molar-refractivity contribution in [3.63, 3.8) is 0 Å². The number of aryl methyl sites for hydroxylation is 3. The fourth-order valence-corrected chi connectivity index (χ4v) is 2.23. The van der Waals surface area contributed by atoms with Crippen LogP contribution in [0.5, 0.6) is 5.75 Å². The highest BCUT2D eigenvalue weighted by atomic mass is 16.5. The molecule has 0 atom stereocenters. The van der Waals surface area contributed by atoms with Crippen molar-refractivity contribution in [3.8, 4) is 16.9 Å². The van der Waals surface area contributed by atoms with Gasteiger partial charge in [0.15, 0.2) is 0 Å². The molecule has 0 aliphatic carbocycles. The molecule has 4 nitrogen and oxygen atoms in total. The summed E-state index contributed by atoms with van der Waals surface area (Å²) in [5.74, 6) is 0.897. The van der Waals surface area contributed by atoms with Crippen LogP contribution < -0.4 is 10.1 Å². The molecule has 0 saturated heterocycles. The maximum Gasteiger partial charge on any atom is 0.127 e. The number of ether oxygens (including phenoxy) is 1. The van der Waals surface area contributed by atoms with Crippen LogP contribution >= 0.6 is 0 Å². The van der Waals surface area contributed by atoms with Gasteiger partial charge in [0.25, 0.3) is 0 Å². The lowest BCUT2D eigenvalue weighted by atomic mass is 9.99. The van der Waals surface area contributed by atoms with Crippen molar-refractivity contribution in [3.05, 3.63) is 35.2 Å². The van der Waals surface area contributed by atoms with Gasteiger partial charge in [-0.3, -0.25) is 4.68 Å². The fourth-order valence-electron chi connectivity index (χ4n) is 2.23. The zero-order chi connectivity index (χ0) is 14.0. The van der Waals surface area contributed by atoms with Crippen LogP contribution in [0.4, 0.5) is 0 Å². The second-order valence-electron chi connectivity index (χ2n) is 4.80. The molecule has 1 aromatic heterocycles. The average molecular weight is 259 g/mol. The van der Waals surface area contributed by atoms with E-state index in [4.69, 9.17) is 4.74 Å². The average Bonchev–Trinajstić information content (AvgIpc) is 2.74. The molecule has 102 valence electrons. The van der Waals surface area contributed by atoms with E-state index in [9.17, 15) is 0 Å². The van der Waals surface area contributed by atoms with Gasteiger partial charge in [-0.05, 0) is 44.2 Å². The molecule has 1 heterocycles. The summed E-state index contributed by atoms with van der Waals surface area (Å²) >= 11 is 0. The van der Waals surface area contributed by atoms with E-state index < -0.39 is 0 Å². The number of nitrogens with one attached hydrogen (secondary N) is 1. The first-order chi connectivity index (χ1) is 9.08. The van der Waals surface area contributed by atoms with E-state index in [1.165, 1.54) is 11.1 Å². The second-order valence-corrected chi connectivity index (χ2v) is 4.80. The molecule has 0 spiro atoms. The molecule has 0 aliphatic heterocycles. The van der Waals surface area contributed by atoms with Gasteiger partial charge in [0, 0.05) is 24.7 Å². The maximum atomic E-state index is 5.52. The zero-order valence-electron chi connectivity index (χ0n) is 12.2. The summed E-state index contributed by atoms with van der Waals surface area (Å²) in [5.41, 5.74) is 5.87. The van der Waals surface area contributed by atoms with Crippen molar-refractivity contribution in [2.45, 2.75) is 20.4 Å². The highest BCUT2D eigenvalue weighted by molar-refractivity contribution is 5.73. The number of benzene rings is 1. The summed E-state index contributed by atoms with van der Waals surface area (Å²) in [6.07, 6.45) is 1.90. The van der Waals surface area contributed by atoms with Crippen molar-refractivity contribution < 1.29 is 4.74 Å². The minimum absolute atomic E-state index is 0.780. The van der Waals surface area contributed by atoms with E-state index in [-0.39, 0.29) is 0 Å². The quantitative estimate of drug-likeness (QED) is 0.916. The van der Waals surface area contributed by atoms with Crippen LogP contribution in [0, 0.1) is 13.8 Å². The maximum absolute atomic E-state index is 5.52. The van der Waals surface area contributed by atoms with Gasteiger partial charge in [-0.25, -0.2) is 0 Å². The summed E-state index contributed by atoms with van der Waals surface area (Å²) in [6.45, 7) is 4.99. The molecule has 0 amide bonds. The summed E-state index contributed by atoms with van der Waals surface area (Å²) in [4.78, 5) is 0. The van der Waals surface area contributed by atoms with Gasteiger partial charge in [-0.1, -0.05) is 0 Å². The van der Waals surface area contributed by atoms with Gasteiger partial charge in [0.2, 0.25) is 0 Å². The minimum Gasteiger partial charge on any atom is -0.496 e. The Morgan fingerprint density at radius 3 is 2.53 bits per heavy atom. The minimum atomic E-state index is 0.780. The number of nitrogens with zero attached hydrogens (tertiary/aromatic N) is 2. The Hall–Kier alpha value is -1.81. The van der Waals surface area contributed by atoms with Crippen LogP contribution in [-0.2, 0) is 13.6 Å². The summed E-state index contributed by atoms with van der Waals surface area (Å²) < 4.78 is 7.42. The zero-order valence-corrected chi connectivity index (χ0v) is 12.2. The molecule has 0 bridgehead atoms. The number of aromatic nitrogens is 2. The third-order valence-electron chi connectivity index (χ3n) is 3.51. The first kappa shape index (κ1) is 13.6. The summed E-state index contributed by atoms with van der Waals surface area (Å²) in [5, 5.41) is 7.54. The first-order valence-corrected chi connectivity index (χ1v) is 6.39. The van der Waals surface area contributed by atoms with E-state index in [1.807, 2.05) is 25.0 Å². The lowest BCUT2D eigenvalue weighted by Crippen LogP contribution is -2.10. The Morgan fingerprint density at radius 1 is 1.21 bits per heavy atom. The smallest absolute Gasteiger partial charge is 0.127 e. The predicted molar refractivity (Wildman–Crippen MR) is 77.4 cm³/mol. The number of methoxy groups -OCH3 is 1. The number of rotatable bonds is 4. The van der Waals surface area contributed by atoms with Crippen LogP contribution in [0.1, 0.15) is 16.8 Å². The Labute approximate surface area is 114 Å². The standard InChI is InChI=1S/C15H21N3O/c1-10-6-12(15(19-5)7-11(10)2)13-8-17-18(4)14(13)9-16-3/h6-8,16H,9H2,1-5H3. The van der Waals surface area contributed by atoms with E-state index >= 15 is 0 Å².